The predicted molar refractivity (Wildman–Crippen MR) is 35.2 cm³/mol. The van der Waals surface area contributed by atoms with Gasteiger partial charge in [0.1, 0.15) is 17.5 Å². The Morgan fingerprint density at radius 3 is 2.67 bits per heavy atom. The number of rotatable bonds is 1. The van der Waals surface area contributed by atoms with Crippen LogP contribution in [0, 0.1) is 6.92 Å². The monoisotopic (exact) mass is 146 g/mol. The quantitative estimate of drug-likeness (QED) is 0.486. The van der Waals surface area contributed by atoms with Gasteiger partial charge in [0.2, 0.25) is 5.91 Å². The highest BCUT2D eigenvalue weighted by atomic mass is 32.2. The largest absolute Gasteiger partial charge is 0.616 e. The fourth-order valence-corrected chi connectivity index (χ4v) is 1.68. The molecule has 3 nitrogen and oxygen atoms in total. The molecule has 1 aliphatic rings. The normalized spacial score (nSPS) is 33.1. The van der Waals surface area contributed by atoms with E-state index < -0.39 is 11.2 Å². The van der Waals surface area contributed by atoms with Gasteiger partial charge in [-0.15, -0.1) is 0 Å². The van der Waals surface area contributed by atoms with Crippen molar-refractivity contribution < 1.29 is 9.35 Å². The van der Waals surface area contributed by atoms with Crippen LogP contribution < -0.4 is 5.32 Å². The van der Waals surface area contributed by atoms with Crippen LogP contribution in [0.2, 0.25) is 0 Å². The molecule has 1 fully saturated rings. The maximum Gasteiger partial charge on any atom is 0.221 e. The zero-order valence-corrected chi connectivity index (χ0v) is 5.74. The molecule has 1 amide bonds. The summed E-state index contributed by atoms with van der Waals surface area (Å²) in [7, 11) is 0. The number of carbonyl (C=O) groups excluding carboxylic acids is 1. The van der Waals surface area contributed by atoms with Crippen molar-refractivity contribution in [2.24, 2.45) is 0 Å². The molecule has 1 radical (unpaired) electrons. The minimum atomic E-state index is -0.681. The maximum atomic E-state index is 10.4. The average Bonchev–Trinajstić information content (AvgIpc) is 1.60. The molecule has 0 saturated carbocycles. The Hall–Kier alpha value is -0.220. The zero-order chi connectivity index (χ0) is 6.85. The standard InChI is InChI=1S/C5H8NO2S/c1-4(7)6-5-2-9(8)3-5/h5H,1-3H2,(H,6,7). The highest BCUT2D eigenvalue weighted by molar-refractivity contribution is 7.92. The number of amides is 1. The third-order valence-electron chi connectivity index (χ3n) is 1.14. The summed E-state index contributed by atoms with van der Waals surface area (Å²) in [4.78, 5) is 10.2. The lowest BCUT2D eigenvalue weighted by atomic mass is 10.4. The lowest BCUT2D eigenvalue weighted by molar-refractivity contribution is -0.117. The van der Waals surface area contributed by atoms with Crippen LogP contribution in [0.5, 0.6) is 0 Å². The summed E-state index contributed by atoms with van der Waals surface area (Å²) in [6.45, 7) is 3.14. The molecule has 9 heavy (non-hydrogen) atoms. The van der Waals surface area contributed by atoms with E-state index in [4.69, 9.17) is 0 Å². The molecule has 51 valence electrons. The minimum Gasteiger partial charge on any atom is -0.616 e. The lowest BCUT2D eigenvalue weighted by Crippen LogP contribution is -2.52. The van der Waals surface area contributed by atoms with Crippen molar-refractivity contribution in [2.75, 3.05) is 11.5 Å². The molecule has 0 aliphatic carbocycles. The van der Waals surface area contributed by atoms with E-state index >= 15 is 0 Å². The molecule has 0 bridgehead atoms. The van der Waals surface area contributed by atoms with Crippen molar-refractivity contribution in [3.63, 3.8) is 0 Å². The van der Waals surface area contributed by atoms with Crippen molar-refractivity contribution >= 4 is 17.1 Å². The van der Waals surface area contributed by atoms with Crippen molar-refractivity contribution in [3.8, 4) is 0 Å². The van der Waals surface area contributed by atoms with Gasteiger partial charge < -0.3 is 9.87 Å². The van der Waals surface area contributed by atoms with Gasteiger partial charge in [-0.05, 0) is 11.2 Å². The van der Waals surface area contributed by atoms with Crippen molar-refractivity contribution in [3.05, 3.63) is 6.92 Å². The van der Waals surface area contributed by atoms with E-state index in [-0.39, 0.29) is 11.9 Å². The molecular weight excluding hydrogens is 138 g/mol. The molecule has 0 unspecified atom stereocenters. The molecular formula is C5H8NO2S. The molecule has 1 saturated heterocycles. The average molecular weight is 146 g/mol. The van der Waals surface area contributed by atoms with Gasteiger partial charge >= 0.3 is 0 Å². The Kier molecular flexibility index (Phi) is 1.97. The van der Waals surface area contributed by atoms with Crippen molar-refractivity contribution in [1.82, 2.24) is 5.32 Å². The summed E-state index contributed by atoms with van der Waals surface area (Å²) in [6, 6.07) is 0.121. The van der Waals surface area contributed by atoms with E-state index in [0.717, 1.165) is 0 Å². The van der Waals surface area contributed by atoms with Gasteiger partial charge in [-0.1, -0.05) is 0 Å². The number of carbonyl (C=O) groups is 1. The van der Waals surface area contributed by atoms with E-state index in [1.807, 2.05) is 0 Å². The minimum absolute atomic E-state index is 0.121. The van der Waals surface area contributed by atoms with Gasteiger partial charge in [-0.3, -0.25) is 4.79 Å². The Morgan fingerprint density at radius 2 is 2.33 bits per heavy atom. The van der Waals surface area contributed by atoms with Gasteiger partial charge in [-0.25, -0.2) is 0 Å². The van der Waals surface area contributed by atoms with E-state index in [9.17, 15) is 9.35 Å². The van der Waals surface area contributed by atoms with E-state index in [1.54, 1.807) is 0 Å². The van der Waals surface area contributed by atoms with Crippen LogP contribution in [0.3, 0.4) is 0 Å². The summed E-state index contributed by atoms with van der Waals surface area (Å²) in [5, 5.41) is 2.57. The fraction of sp³-hybridized carbons (Fsp3) is 0.600. The van der Waals surface area contributed by atoms with E-state index in [2.05, 4.69) is 12.2 Å². The second-order valence-electron chi connectivity index (χ2n) is 2.04. The first-order chi connectivity index (χ1) is 4.18. The van der Waals surface area contributed by atoms with Crippen LogP contribution in [0.25, 0.3) is 0 Å². The lowest BCUT2D eigenvalue weighted by Gasteiger charge is -2.28. The summed E-state index contributed by atoms with van der Waals surface area (Å²) >= 11 is -0.681. The second-order valence-corrected chi connectivity index (χ2v) is 3.58. The first-order valence-corrected chi connectivity index (χ1v) is 4.14. The summed E-state index contributed by atoms with van der Waals surface area (Å²) in [5.74, 6) is 0.916. The van der Waals surface area contributed by atoms with Crippen LogP contribution in [0.15, 0.2) is 0 Å². The van der Waals surface area contributed by atoms with Crippen LogP contribution in [-0.4, -0.2) is 28.0 Å². The van der Waals surface area contributed by atoms with E-state index in [0.29, 0.717) is 11.5 Å². The van der Waals surface area contributed by atoms with Gasteiger partial charge in [0.25, 0.3) is 0 Å². The van der Waals surface area contributed by atoms with Crippen LogP contribution in [0.4, 0.5) is 0 Å². The van der Waals surface area contributed by atoms with Gasteiger partial charge in [0, 0.05) is 6.92 Å². The third kappa shape index (κ3) is 1.87. The molecule has 0 spiro atoms. The molecule has 1 aliphatic heterocycles. The molecule has 0 aromatic rings. The topological polar surface area (TPSA) is 52.2 Å². The number of hydrogen-bond acceptors (Lipinski definition) is 2. The molecule has 4 heteroatoms. The molecule has 0 atom stereocenters. The Bertz CT molecular complexity index is 122. The molecule has 0 aromatic carbocycles. The first-order valence-electron chi connectivity index (χ1n) is 2.66. The fourth-order valence-electron chi connectivity index (χ4n) is 0.711. The third-order valence-corrected chi connectivity index (χ3v) is 2.69. The summed E-state index contributed by atoms with van der Waals surface area (Å²) in [5.41, 5.74) is 0. The van der Waals surface area contributed by atoms with Crippen molar-refractivity contribution in [1.29, 1.82) is 0 Å². The maximum absolute atomic E-state index is 10.4. The van der Waals surface area contributed by atoms with Crippen LogP contribution in [0.1, 0.15) is 0 Å². The smallest absolute Gasteiger partial charge is 0.221 e. The first kappa shape index (κ1) is 6.89. The SMILES string of the molecule is [CH2]C(=O)NC1C[S+]([O-])C1. The highest BCUT2D eigenvalue weighted by Gasteiger charge is 2.31. The highest BCUT2D eigenvalue weighted by Crippen LogP contribution is 2.09. The summed E-state index contributed by atoms with van der Waals surface area (Å²) < 4.78 is 10.4. The summed E-state index contributed by atoms with van der Waals surface area (Å²) in [6.07, 6.45) is 0. The number of hydrogen-bond donors (Lipinski definition) is 1. The molecule has 1 rings (SSSR count). The second kappa shape index (κ2) is 2.58. The van der Waals surface area contributed by atoms with Crippen molar-refractivity contribution in [2.45, 2.75) is 6.04 Å². The zero-order valence-electron chi connectivity index (χ0n) is 4.92. The molecule has 1 heterocycles. The van der Waals surface area contributed by atoms with E-state index in [1.165, 1.54) is 0 Å². The van der Waals surface area contributed by atoms with Crippen LogP contribution in [-0.2, 0) is 16.0 Å². The Labute approximate surface area is 57.0 Å². The van der Waals surface area contributed by atoms with Gasteiger partial charge in [0.05, 0.1) is 0 Å². The van der Waals surface area contributed by atoms with Gasteiger partial charge in [-0.2, -0.15) is 0 Å². The van der Waals surface area contributed by atoms with Crippen LogP contribution >= 0.6 is 0 Å². The number of nitrogens with one attached hydrogen (secondary N) is 1. The molecule has 0 aromatic heterocycles. The predicted octanol–water partition coefficient (Wildman–Crippen LogP) is -0.932. The molecule has 1 N–H and O–H groups in total. The Morgan fingerprint density at radius 1 is 1.78 bits per heavy atom. The Balaban J connectivity index is 2.11. The van der Waals surface area contributed by atoms with Gasteiger partial charge in [0.15, 0.2) is 0 Å².